The molecule has 1 atom stereocenters. The van der Waals surface area contributed by atoms with E-state index in [-0.39, 0.29) is 11.6 Å². The first kappa shape index (κ1) is 21.1. The lowest BCUT2D eigenvalue weighted by atomic mass is 9.90. The fraction of sp³-hybridized carbons (Fsp3) is 0.115. The van der Waals surface area contributed by atoms with Crippen LogP contribution in [-0.2, 0) is 4.79 Å². The first-order valence-electron chi connectivity index (χ1n) is 10.7. The lowest BCUT2D eigenvalue weighted by Gasteiger charge is -2.17. The smallest absolute Gasteiger partial charge is 0.249 e. The molecule has 0 aromatic heterocycles. The second-order valence-electron chi connectivity index (χ2n) is 7.89. The summed E-state index contributed by atoms with van der Waals surface area (Å²) in [5, 5.41) is 21.3. The van der Waals surface area contributed by atoms with Crippen LogP contribution in [0.4, 0.5) is 11.4 Å². The molecule has 0 radical (unpaired) electrons. The number of benzene rings is 2. The highest BCUT2D eigenvalue weighted by Gasteiger charge is 2.36. The summed E-state index contributed by atoms with van der Waals surface area (Å²) in [6.07, 6.45) is 8.72. The van der Waals surface area contributed by atoms with E-state index in [1.165, 1.54) is 0 Å². The Hall–Kier alpha value is -4.77. The number of ketones is 1. The van der Waals surface area contributed by atoms with Crippen molar-refractivity contribution in [3.8, 4) is 17.3 Å². The van der Waals surface area contributed by atoms with E-state index in [0.717, 1.165) is 6.42 Å². The Morgan fingerprint density at radius 3 is 2.62 bits per heavy atom. The number of carbonyl (C=O) groups is 2. The van der Waals surface area contributed by atoms with Gasteiger partial charge in [-0.05, 0) is 36.8 Å². The number of fused-ring (bicyclic) bond motifs is 3. The minimum atomic E-state index is -1.61. The number of nitrogens with two attached hydrogens (primary N) is 1. The van der Waals surface area contributed by atoms with Crippen molar-refractivity contribution in [2.24, 2.45) is 5.92 Å². The van der Waals surface area contributed by atoms with Gasteiger partial charge in [-0.3, -0.25) is 9.59 Å². The quantitative estimate of drug-likeness (QED) is 0.199. The predicted octanol–water partition coefficient (Wildman–Crippen LogP) is 4.47. The number of hydrogen-bond acceptors (Lipinski definition) is 7. The molecule has 0 saturated heterocycles. The monoisotopic (exact) mass is 449 g/mol. The van der Waals surface area contributed by atoms with Gasteiger partial charge in [-0.25, -0.2) is 0 Å². The lowest BCUT2D eigenvalue weighted by Crippen LogP contribution is -2.29. The van der Waals surface area contributed by atoms with Crippen molar-refractivity contribution < 1.29 is 14.0 Å². The molecule has 8 heteroatoms. The summed E-state index contributed by atoms with van der Waals surface area (Å²) in [4.78, 5) is 26.2. The van der Waals surface area contributed by atoms with Gasteiger partial charge in [-0.1, -0.05) is 42.5 Å². The first-order chi connectivity index (χ1) is 16.6. The number of carbonyl (C=O) groups excluding carboxylic acids is 2. The zero-order chi connectivity index (χ0) is 23.7. The van der Waals surface area contributed by atoms with Crippen molar-refractivity contribution in [2.45, 2.75) is 12.3 Å². The molecule has 166 valence electrons. The number of nitrogens with zero attached hydrogens (tertiary/aromatic N) is 3. The third-order valence-corrected chi connectivity index (χ3v) is 5.64. The van der Waals surface area contributed by atoms with Gasteiger partial charge in [0.2, 0.25) is 11.7 Å². The highest BCUT2D eigenvalue weighted by molar-refractivity contribution is 6.18. The van der Waals surface area contributed by atoms with E-state index in [9.17, 15) is 14.9 Å². The van der Waals surface area contributed by atoms with Crippen LogP contribution in [0.2, 0.25) is 0 Å². The number of para-hydroxylation sites is 1. The molecule has 8 nitrogen and oxygen atoms in total. The second kappa shape index (κ2) is 8.64. The summed E-state index contributed by atoms with van der Waals surface area (Å²) in [7, 11) is 0. The molecule has 0 spiro atoms. The number of allylic oxidation sites excluding steroid dienone is 4. The Morgan fingerprint density at radius 2 is 1.88 bits per heavy atom. The van der Waals surface area contributed by atoms with Gasteiger partial charge in [-0.2, -0.15) is 5.26 Å². The molecule has 5 rings (SSSR count). The Kier molecular flexibility index (Phi) is 5.36. The Bertz CT molecular complexity index is 1470. The Morgan fingerprint density at radius 1 is 1.12 bits per heavy atom. The molecule has 2 heterocycles. The van der Waals surface area contributed by atoms with Crippen molar-refractivity contribution in [3.05, 3.63) is 84.3 Å². The number of anilines is 2. The molecule has 1 aliphatic carbocycles. The largest absolute Gasteiger partial charge is 0.459 e. The summed E-state index contributed by atoms with van der Waals surface area (Å²) in [5.41, 5.74) is 8.21. The van der Waals surface area contributed by atoms with Crippen LogP contribution in [0.15, 0.2) is 77.3 Å². The van der Waals surface area contributed by atoms with Crippen LogP contribution < -0.4 is 11.1 Å². The number of nitrogen functional groups attached to an aromatic ring is 1. The minimum absolute atomic E-state index is 0.0831. The maximum absolute atomic E-state index is 13.4. The molecular formula is C26H19N5O3. The van der Waals surface area contributed by atoms with Gasteiger partial charge in [0.05, 0.1) is 17.6 Å². The maximum atomic E-state index is 13.4. The number of rotatable bonds is 5. The molecule has 0 saturated carbocycles. The number of Topliss-reactive ketones (excluding diaryl/α,β-unsaturated/α-hetero) is 1. The van der Waals surface area contributed by atoms with Gasteiger partial charge in [-0.15, -0.1) is 10.2 Å². The Balaban J connectivity index is 1.62. The van der Waals surface area contributed by atoms with Crippen molar-refractivity contribution in [3.63, 3.8) is 0 Å². The van der Waals surface area contributed by atoms with Crippen molar-refractivity contribution >= 4 is 34.0 Å². The SMILES string of the molecule is N#CC(C(=O)Nc1ccccc1)C(=O)c1nnc2c3cc(N)ccc3oc(C3C=CCC=C3)c1-2. The van der Waals surface area contributed by atoms with E-state index in [0.29, 0.717) is 39.4 Å². The average Bonchev–Trinajstić information content (AvgIpc) is 3.31. The summed E-state index contributed by atoms with van der Waals surface area (Å²) < 4.78 is 6.21. The molecule has 2 aliphatic heterocycles. The van der Waals surface area contributed by atoms with Crippen LogP contribution >= 0.6 is 0 Å². The predicted molar refractivity (Wildman–Crippen MR) is 127 cm³/mol. The average molecular weight is 449 g/mol. The highest BCUT2D eigenvalue weighted by Crippen LogP contribution is 2.41. The van der Waals surface area contributed by atoms with E-state index in [1.54, 1.807) is 48.5 Å². The fourth-order valence-corrected chi connectivity index (χ4v) is 4.01. The summed E-state index contributed by atoms with van der Waals surface area (Å²) in [6.45, 7) is 0. The maximum Gasteiger partial charge on any atom is 0.249 e. The van der Waals surface area contributed by atoms with Gasteiger partial charge in [0.25, 0.3) is 0 Å². The molecule has 0 fully saturated rings. The number of amides is 1. The summed E-state index contributed by atoms with van der Waals surface area (Å²) in [5.74, 6) is -2.89. The zero-order valence-corrected chi connectivity index (χ0v) is 17.9. The number of hydrogen-bond donors (Lipinski definition) is 2. The van der Waals surface area contributed by atoms with Crippen LogP contribution in [0, 0.1) is 17.2 Å². The molecule has 3 aliphatic rings. The summed E-state index contributed by atoms with van der Waals surface area (Å²) >= 11 is 0. The van der Waals surface area contributed by atoms with Crippen LogP contribution in [0.1, 0.15) is 28.6 Å². The third kappa shape index (κ3) is 3.69. The standard InChI is InChI=1S/C26H19N5O3/c27-14-19(26(33)29-17-9-5-2-6-10-17)24(32)23-21-22(30-31-23)18-13-16(28)11-12-20(18)34-25(21)15-7-3-1-4-8-15/h2-13,15,19H,1,28H2,(H,29,33). The normalized spacial score (nSPS) is 14.2. The van der Waals surface area contributed by atoms with Crippen LogP contribution in [0.25, 0.3) is 22.2 Å². The summed E-state index contributed by atoms with van der Waals surface area (Å²) in [6, 6.07) is 15.6. The minimum Gasteiger partial charge on any atom is -0.459 e. The van der Waals surface area contributed by atoms with Crippen molar-refractivity contribution in [2.75, 3.05) is 11.1 Å². The van der Waals surface area contributed by atoms with Gasteiger partial charge < -0.3 is 15.5 Å². The topological polar surface area (TPSA) is 135 Å². The van der Waals surface area contributed by atoms with E-state index in [2.05, 4.69) is 15.5 Å². The van der Waals surface area contributed by atoms with E-state index < -0.39 is 17.6 Å². The fourth-order valence-electron chi connectivity index (χ4n) is 4.01. The molecule has 2 aromatic rings. The number of nitrogens with one attached hydrogen (secondary N) is 1. The molecule has 1 unspecified atom stereocenters. The molecule has 34 heavy (non-hydrogen) atoms. The third-order valence-electron chi connectivity index (χ3n) is 5.64. The van der Waals surface area contributed by atoms with Crippen LogP contribution in [-0.4, -0.2) is 21.9 Å². The van der Waals surface area contributed by atoms with E-state index in [4.69, 9.17) is 10.2 Å². The zero-order valence-electron chi connectivity index (χ0n) is 17.9. The van der Waals surface area contributed by atoms with Gasteiger partial charge in [0.15, 0.2) is 5.92 Å². The van der Waals surface area contributed by atoms with E-state index >= 15 is 0 Å². The highest BCUT2D eigenvalue weighted by atomic mass is 16.3. The number of nitriles is 1. The Labute approximate surface area is 194 Å². The van der Waals surface area contributed by atoms with Gasteiger partial charge in [0, 0.05) is 16.8 Å². The van der Waals surface area contributed by atoms with Gasteiger partial charge >= 0.3 is 0 Å². The van der Waals surface area contributed by atoms with Crippen LogP contribution in [0.5, 0.6) is 0 Å². The molecule has 0 bridgehead atoms. The molecule has 1 amide bonds. The van der Waals surface area contributed by atoms with Crippen molar-refractivity contribution in [1.82, 2.24) is 10.2 Å². The van der Waals surface area contributed by atoms with Gasteiger partial charge in [0.1, 0.15) is 22.7 Å². The second-order valence-corrected chi connectivity index (χ2v) is 7.89. The molecule has 3 N–H and O–H groups in total. The number of aromatic nitrogens is 2. The first-order valence-corrected chi connectivity index (χ1v) is 10.7. The van der Waals surface area contributed by atoms with Crippen molar-refractivity contribution in [1.29, 1.82) is 5.26 Å². The molecular weight excluding hydrogens is 430 g/mol. The van der Waals surface area contributed by atoms with E-state index in [1.807, 2.05) is 30.4 Å². The lowest BCUT2D eigenvalue weighted by molar-refractivity contribution is -0.117. The molecule has 2 aromatic carbocycles. The van der Waals surface area contributed by atoms with Crippen LogP contribution in [0.3, 0.4) is 0 Å².